The molecule has 1 amide bonds. The summed E-state index contributed by atoms with van der Waals surface area (Å²) in [7, 11) is 4.04. The van der Waals surface area contributed by atoms with E-state index in [-0.39, 0.29) is 5.91 Å². The van der Waals surface area contributed by atoms with Gasteiger partial charge in [0.25, 0.3) is 5.91 Å². The van der Waals surface area contributed by atoms with Crippen LogP contribution in [0.15, 0.2) is 18.3 Å². The van der Waals surface area contributed by atoms with Gasteiger partial charge in [-0.3, -0.25) is 4.79 Å². The van der Waals surface area contributed by atoms with Crippen molar-refractivity contribution in [3.05, 3.63) is 24.0 Å². The number of amides is 1. The van der Waals surface area contributed by atoms with Gasteiger partial charge in [-0.15, -0.1) is 0 Å². The van der Waals surface area contributed by atoms with Crippen molar-refractivity contribution in [3.8, 4) is 0 Å². The third-order valence-corrected chi connectivity index (χ3v) is 1.91. The molecular formula is C10H17N3O. The van der Waals surface area contributed by atoms with Crippen molar-refractivity contribution >= 4 is 5.91 Å². The highest BCUT2D eigenvalue weighted by atomic mass is 16.1. The fraction of sp³-hybridized carbons (Fsp3) is 0.500. The minimum atomic E-state index is -0.0336. The zero-order valence-electron chi connectivity index (χ0n) is 8.71. The van der Waals surface area contributed by atoms with E-state index in [0.29, 0.717) is 5.69 Å². The van der Waals surface area contributed by atoms with Crippen molar-refractivity contribution in [2.24, 2.45) is 0 Å². The van der Waals surface area contributed by atoms with Gasteiger partial charge in [0.1, 0.15) is 5.69 Å². The molecule has 1 heterocycles. The van der Waals surface area contributed by atoms with Crippen molar-refractivity contribution in [1.29, 1.82) is 0 Å². The fourth-order valence-electron chi connectivity index (χ4n) is 1.16. The lowest BCUT2D eigenvalue weighted by Crippen LogP contribution is -2.27. The Bertz CT molecular complexity index is 267. The lowest BCUT2D eigenvalue weighted by Gasteiger charge is -2.09. The Morgan fingerprint density at radius 3 is 2.93 bits per heavy atom. The van der Waals surface area contributed by atoms with Crippen LogP contribution < -0.4 is 5.32 Å². The van der Waals surface area contributed by atoms with Crippen LogP contribution in [0.3, 0.4) is 0 Å². The molecule has 78 valence electrons. The molecule has 0 aliphatic heterocycles. The van der Waals surface area contributed by atoms with E-state index in [1.54, 1.807) is 12.3 Å². The van der Waals surface area contributed by atoms with E-state index in [1.807, 2.05) is 20.2 Å². The Morgan fingerprint density at radius 2 is 2.36 bits per heavy atom. The molecule has 0 saturated carbocycles. The molecule has 4 heteroatoms. The van der Waals surface area contributed by atoms with Crippen molar-refractivity contribution in [2.75, 3.05) is 27.2 Å². The summed E-state index contributed by atoms with van der Waals surface area (Å²) < 4.78 is 0. The molecule has 0 aliphatic carbocycles. The standard InChI is InChI=1S/C10H17N3O/c1-13(2)8-4-7-12-10(14)9-5-3-6-11-9/h3,5-6,11H,4,7-8H2,1-2H3,(H,12,14). The van der Waals surface area contributed by atoms with Gasteiger partial charge in [0, 0.05) is 12.7 Å². The maximum atomic E-state index is 11.4. The fourth-order valence-corrected chi connectivity index (χ4v) is 1.16. The van der Waals surface area contributed by atoms with Crippen molar-refractivity contribution in [1.82, 2.24) is 15.2 Å². The molecular weight excluding hydrogens is 178 g/mol. The minimum absolute atomic E-state index is 0.0336. The van der Waals surface area contributed by atoms with E-state index >= 15 is 0 Å². The molecule has 0 fully saturated rings. The maximum absolute atomic E-state index is 11.4. The first-order valence-electron chi connectivity index (χ1n) is 4.76. The third kappa shape index (κ3) is 3.62. The average molecular weight is 195 g/mol. The lowest BCUT2D eigenvalue weighted by molar-refractivity contribution is 0.0948. The normalized spacial score (nSPS) is 10.5. The summed E-state index contributed by atoms with van der Waals surface area (Å²) >= 11 is 0. The van der Waals surface area contributed by atoms with Gasteiger partial charge in [0.15, 0.2) is 0 Å². The Morgan fingerprint density at radius 1 is 1.57 bits per heavy atom. The molecule has 0 bridgehead atoms. The number of hydrogen-bond donors (Lipinski definition) is 2. The monoisotopic (exact) mass is 195 g/mol. The SMILES string of the molecule is CN(C)CCCNC(=O)c1ccc[nH]1. The number of carbonyl (C=O) groups is 1. The van der Waals surface area contributed by atoms with E-state index in [9.17, 15) is 4.79 Å². The van der Waals surface area contributed by atoms with Gasteiger partial charge in [-0.05, 0) is 39.2 Å². The molecule has 0 atom stereocenters. The first kappa shape index (κ1) is 10.8. The highest BCUT2D eigenvalue weighted by Gasteiger charge is 2.03. The number of hydrogen-bond acceptors (Lipinski definition) is 2. The van der Waals surface area contributed by atoms with Crippen LogP contribution >= 0.6 is 0 Å². The summed E-state index contributed by atoms with van der Waals surface area (Å²) in [5.41, 5.74) is 0.620. The van der Waals surface area contributed by atoms with E-state index in [2.05, 4.69) is 15.2 Å². The summed E-state index contributed by atoms with van der Waals surface area (Å²) in [5, 5.41) is 2.84. The molecule has 1 rings (SSSR count). The summed E-state index contributed by atoms with van der Waals surface area (Å²) in [5.74, 6) is -0.0336. The average Bonchev–Trinajstić information content (AvgIpc) is 2.64. The molecule has 1 aromatic rings. The number of rotatable bonds is 5. The predicted octanol–water partition coefficient (Wildman–Crippen LogP) is 0.696. The second-order valence-corrected chi connectivity index (χ2v) is 3.50. The number of H-pyrrole nitrogens is 1. The second kappa shape index (κ2) is 5.44. The first-order chi connectivity index (χ1) is 6.70. The topological polar surface area (TPSA) is 48.1 Å². The Hall–Kier alpha value is -1.29. The van der Waals surface area contributed by atoms with Crippen LogP contribution in [0.4, 0.5) is 0 Å². The Labute approximate surface area is 84.3 Å². The Balaban J connectivity index is 2.16. The summed E-state index contributed by atoms with van der Waals surface area (Å²) in [6, 6.07) is 3.58. The quantitative estimate of drug-likeness (QED) is 0.679. The van der Waals surface area contributed by atoms with Crippen LogP contribution in [0, 0.1) is 0 Å². The van der Waals surface area contributed by atoms with E-state index in [4.69, 9.17) is 0 Å². The van der Waals surface area contributed by atoms with Gasteiger partial charge in [-0.2, -0.15) is 0 Å². The van der Waals surface area contributed by atoms with Gasteiger partial charge in [0.05, 0.1) is 0 Å². The van der Waals surface area contributed by atoms with Crippen molar-refractivity contribution in [2.45, 2.75) is 6.42 Å². The van der Waals surface area contributed by atoms with Gasteiger partial charge in [-0.25, -0.2) is 0 Å². The first-order valence-corrected chi connectivity index (χ1v) is 4.76. The van der Waals surface area contributed by atoms with E-state index < -0.39 is 0 Å². The molecule has 0 radical (unpaired) electrons. The second-order valence-electron chi connectivity index (χ2n) is 3.50. The van der Waals surface area contributed by atoms with Gasteiger partial charge in [-0.1, -0.05) is 0 Å². The summed E-state index contributed by atoms with van der Waals surface area (Å²) in [6.07, 6.45) is 2.72. The number of nitrogens with one attached hydrogen (secondary N) is 2. The van der Waals surface area contributed by atoms with E-state index in [0.717, 1.165) is 19.5 Å². The number of carbonyl (C=O) groups excluding carboxylic acids is 1. The van der Waals surface area contributed by atoms with Crippen LogP contribution in [0.2, 0.25) is 0 Å². The molecule has 0 aromatic carbocycles. The molecule has 1 aromatic heterocycles. The van der Waals surface area contributed by atoms with Gasteiger partial charge < -0.3 is 15.2 Å². The number of aromatic nitrogens is 1. The third-order valence-electron chi connectivity index (χ3n) is 1.91. The number of aromatic amines is 1. The minimum Gasteiger partial charge on any atom is -0.357 e. The summed E-state index contributed by atoms with van der Waals surface area (Å²) in [4.78, 5) is 16.4. The van der Waals surface area contributed by atoms with E-state index in [1.165, 1.54) is 0 Å². The molecule has 4 nitrogen and oxygen atoms in total. The predicted molar refractivity (Wildman–Crippen MR) is 56.3 cm³/mol. The zero-order chi connectivity index (χ0) is 10.4. The highest BCUT2D eigenvalue weighted by Crippen LogP contribution is 1.93. The van der Waals surface area contributed by atoms with Crippen LogP contribution in [-0.4, -0.2) is 43.0 Å². The van der Waals surface area contributed by atoms with Crippen molar-refractivity contribution in [3.63, 3.8) is 0 Å². The number of nitrogens with zero attached hydrogens (tertiary/aromatic N) is 1. The van der Waals surface area contributed by atoms with Gasteiger partial charge >= 0.3 is 0 Å². The largest absolute Gasteiger partial charge is 0.357 e. The smallest absolute Gasteiger partial charge is 0.267 e. The molecule has 0 aliphatic rings. The van der Waals surface area contributed by atoms with Gasteiger partial charge in [0.2, 0.25) is 0 Å². The van der Waals surface area contributed by atoms with Crippen LogP contribution in [0.25, 0.3) is 0 Å². The molecule has 2 N–H and O–H groups in total. The molecule has 0 spiro atoms. The molecule has 14 heavy (non-hydrogen) atoms. The van der Waals surface area contributed by atoms with Crippen molar-refractivity contribution < 1.29 is 4.79 Å². The summed E-state index contributed by atoms with van der Waals surface area (Å²) in [6.45, 7) is 1.71. The maximum Gasteiger partial charge on any atom is 0.267 e. The zero-order valence-corrected chi connectivity index (χ0v) is 8.71. The lowest BCUT2D eigenvalue weighted by atomic mass is 10.3. The highest BCUT2D eigenvalue weighted by molar-refractivity contribution is 5.92. The Kier molecular flexibility index (Phi) is 4.19. The molecule has 0 unspecified atom stereocenters. The molecule has 0 saturated heterocycles. The van der Waals surface area contributed by atoms with Crippen LogP contribution in [-0.2, 0) is 0 Å². The van der Waals surface area contributed by atoms with Crippen LogP contribution in [0.1, 0.15) is 16.9 Å². The van der Waals surface area contributed by atoms with Crippen LogP contribution in [0.5, 0.6) is 0 Å².